The van der Waals surface area contributed by atoms with Gasteiger partial charge in [-0.05, 0) is 43.5 Å². The van der Waals surface area contributed by atoms with Gasteiger partial charge in [-0.3, -0.25) is 19.8 Å². The third-order valence-electron chi connectivity index (χ3n) is 4.48. The van der Waals surface area contributed by atoms with Crippen molar-refractivity contribution in [3.63, 3.8) is 0 Å². The van der Waals surface area contributed by atoms with Crippen molar-refractivity contribution < 1.29 is 24.2 Å². The second kappa shape index (κ2) is 7.37. The molecule has 0 unspecified atom stereocenters. The number of imide groups is 2. The van der Waals surface area contributed by atoms with Crippen molar-refractivity contribution in [3.8, 4) is 11.5 Å². The highest BCUT2D eigenvalue weighted by Gasteiger charge is 2.40. The van der Waals surface area contributed by atoms with Crippen LogP contribution in [0.5, 0.6) is 11.5 Å². The van der Waals surface area contributed by atoms with Gasteiger partial charge in [-0.25, -0.2) is 4.79 Å². The highest BCUT2D eigenvalue weighted by molar-refractivity contribution is 6.33. The third-order valence-corrected chi connectivity index (χ3v) is 4.77. The maximum atomic E-state index is 12.8. The van der Waals surface area contributed by atoms with Crippen molar-refractivity contribution >= 4 is 35.5 Å². The van der Waals surface area contributed by atoms with Crippen LogP contribution in [-0.4, -0.2) is 40.5 Å². The summed E-state index contributed by atoms with van der Waals surface area (Å²) in [6.07, 6.45) is 4.71. The molecule has 1 aliphatic carbocycles. The molecule has 0 aromatic heterocycles. The molecule has 1 heterocycles. The summed E-state index contributed by atoms with van der Waals surface area (Å²) in [6, 6.07) is 2.03. The molecule has 26 heavy (non-hydrogen) atoms. The molecule has 0 spiro atoms. The number of carbonyl (C=O) groups excluding carboxylic acids is 3. The number of nitrogens with zero attached hydrogens (tertiary/aromatic N) is 1. The molecule has 1 aromatic carbocycles. The average molecular weight is 379 g/mol. The third kappa shape index (κ3) is 3.39. The fourth-order valence-electron chi connectivity index (χ4n) is 3.27. The molecular weight excluding hydrogens is 360 g/mol. The second-order valence-corrected chi connectivity index (χ2v) is 6.62. The van der Waals surface area contributed by atoms with Crippen molar-refractivity contribution in [2.24, 2.45) is 0 Å². The van der Waals surface area contributed by atoms with Gasteiger partial charge in [0, 0.05) is 6.04 Å². The van der Waals surface area contributed by atoms with E-state index in [4.69, 9.17) is 16.3 Å². The van der Waals surface area contributed by atoms with E-state index in [1.807, 2.05) is 0 Å². The van der Waals surface area contributed by atoms with Crippen molar-refractivity contribution in [2.75, 3.05) is 6.61 Å². The number of halogens is 1. The lowest BCUT2D eigenvalue weighted by atomic mass is 10.0. The molecule has 0 bridgehead atoms. The number of amides is 4. The Labute approximate surface area is 155 Å². The molecule has 4 amide bonds. The minimum atomic E-state index is -0.753. The van der Waals surface area contributed by atoms with E-state index >= 15 is 0 Å². The van der Waals surface area contributed by atoms with Gasteiger partial charge in [0.05, 0.1) is 11.6 Å². The van der Waals surface area contributed by atoms with Crippen LogP contribution in [0.3, 0.4) is 0 Å². The molecule has 2 aliphatic rings. The molecule has 1 aliphatic heterocycles. The lowest BCUT2D eigenvalue weighted by Crippen LogP contribution is -2.57. The molecule has 1 saturated carbocycles. The molecule has 2 N–H and O–H groups in total. The smallest absolute Gasteiger partial charge is 0.331 e. The van der Waals surface area contributed by atoms with Gasteiger partial charge in [0.15, 0.2) is 11.5 Å². The number of hydrogen-bond donors (Lipinski definition) is 2. The second-order valence-electron chi connectivity index (χ2n) is 6.21. The number of phenolic OH excluding ortho intramolecular Hbond substituents is 1. The maximum absolute atomic E-state index is 12.8. The summed E-state index contributed by atoms with van der Waals surface area (Å²) < 4.78 is 5.31. The van der Waals surface area contributed by atoms with E-state index in [9.17, 15) is 19.5 Å². The minimum absolute atomic E-state index is 0.0372. The first kappa shape index (κ1) is 18.3. The molecule has 0 radical (unpaired) electrons. The van der Waals surface area contributed by atoms with E-state index < -0.39 is 17.8 Å². The van der Waals surface area contributed by atoms with Gasteiger partial charge in [0.1, 0.15) is 5.57 Å². The molecule has 0 atom stereocenters. The number of urea groups is 1. The summed E-state index contributed by atoms with van der Waals surface area (Å²) in [6.45, 7) is 2.06. The number of benzene rings is 1. The van der Waals surface area contributed by atoms with Gasteiger partial charge in [0.2, 0.25) is 0 Å². The van der Waals surface area contributed by atoms with Crippen LogP contribution in [0, 0.1) is 0 Å². The monoisotopic (exact) mass is 378 g/mol. The Bertz CT molecular complexity index is 799. The van der Waals surface area contributed by atoms with Crippen molar-refractivity contribution in [3.05, 3.63) is 28.3 Å². The lowest BCUT2D eigenvalue weighted by molar-refractivity contribution is -0.131. The Morgan fingerprint density at radius 3 is 2.65 bits per heavy atom. The van der Waals surface area contributed by atoms with Crippen LogP contribution in [0.15, 0.2) is 17.7 Å². The fourth-order valence-corrected chi connectivity index (χ4v) is 3.49. The van der Waals surface area contributed by atoms with Gasteiger partial charge < -0.3 is 9.84 Å². The number of nitrogens with one attached hydrogen (secondary N) is 1. The van der Waals surface area contributed by atoms with Crippen molar-refractivity contribution in [2.45, 2.75) is 38.6 Å². The molecule has 2 fully saturated rings. The highest BCUT2D eigenvalue weighted by Crippen LogP contribution is 2.36. The summed E-state index contributed by atoms with van der Waals surface area (Å²) in [5.74, 6) is -1.43. The van der Waals surface area contributed by atoms with Crippen molar-refractivity contribution in [1.82, 2.24) is 10.2 Å². The highest BCUT2D eigenvalue weighted by atomic mass is 35.5. The Morgan fingerprint density at radius 2 is 2.00 bits per heavy atom. The summed E-state index contributed by atoms with van der Waals surface area (Å²) in [4.78, 5) is 38.2. The number of barbiturate groups is 1. The van der Waals surface area contributed by atoms with Crippen LogP contribution in [0.1, 0.15) is 38.2 Å². The number of phenols is 1. The van der Waals surface area contributed by atoms with Crippen LogP contribution < -0.4 is 10.1 Å². The number of ether oxygens (including phenoxy) is 1. The molecule has 1 aromatic rings. The Balaban J connectivity index is 1.97. The zero-order chi connectivity index (χ0) is 18.8. The van der Waals surface area contributed by atoms with Gasteiger partial charge in [-0.15, -0.1) is 0 Å². The first-order valence-corrected chi connectivity index (χ1v) is 8.86. The van der Waals surface area contributed by atoms with Crippen LogP contribution in [0.2, 0.25) is 5.02 Å². The number of hydrogen-bond acceptors (Lipinski definition) is 5. The van der Waals surface area contributed by atoms with Gasteiger partial charge >= 0.3 is 6.03 Å². The van der Waals surface area contributed by atoms with E-state index in [2.05, 4.69) is 5.32 Å². The van der Waals surface area contributed by atoms with E-state index in [0.717, 1.165) is 30.6 Å². The summed E-state index contributed by atoms with van der Waals surface area (Å²) >= 11 is 5.99. The normalized spacial score (nSPS) is 20.0. The molecule has 1 saturated heterocycles. The minimum Gasteiger partial charge on any atom is -0.503 e. The zero-order valence-electron chi connectivity index (χ0n) is 14.3. The molecular formula is C18H19ClN2O5. The lowest BCUT2D eigenvalue weighted by Gasteiger charge is -2.31. The Morgan fingerprint density at radius 1 is 1.31 bits per heavy atom. The standard InChI is InChI=1S/C18H19ClN2O5/c1-2-26-14-9-10(8-13(19)15(14)22)7-12-16(23)20-18(25)21(17(12)24)11-5-3-4-6-11/h7-9,11,22H,2-6H2,1H3,(H,20,23,25)/b12-7+. The Hall–Kier alpha value is -2.54. The SMILES string of the molecule is CCOc1cc(/C=C2\C(=O)NC(=O)N(C3CCCC3)C2=O)cc(Cl)c1O. The fraction of sp³-hybridized carbons (Fsp3) is 0.389. The van der Waals surface area contributed by atoms with Crippen molar-refractivity contribution in [1.29, 1.82) is 0 Å². The van der Waals surface area contributed by atoms with Gasteiger partial charge in [0.25, 0.3) is 11.8 Å². The quantitative estimate of drug-likeness (QED) is 0.620. The topological polar surface area (TPSA) is 95.9 Å². The van der Waals surface area contributed by atoms with Crippen LogP contribution in [0.4, 0.5) is 4.79 Å². The zero-order valence-corrected chi connectivity index (χ0v) is 15.0. The maximum Gasteiger partial charge on any atom is 0.331 e. The van der Waals surface area contributed by atoms with Crippen LogP contribution >= 0.6 is 11.6 Å². The summed E-state index contributed by atoms with van der Waals surface area (Å²) in [5, 5.41) is 12.2. The number of aromatic hydroxyl groups is 1. The Kier molecular flexibility index (Phi) is 5.18. The largest absolute Gasteiger partial charge is 0.503 e. The predicted molar refractivity (Wildman–Crippen MR) is 94.9 cm³/mol. The molecule has 8 heteroatoms. The van der Waals surface area contributed by atoms with E-state index in [1.54, 1.807) is 6.92 Å². The molecule has 138 valence electrons. The molecule has 7 nitrogen and oxygen atoms in total. The van der Waals surface area contributed by atoms with Gasteiger partial charge in [-0.1, -0.05) is 24.4 Å². The van der Waals surface area contributed by atoms with E-state index in [1.165, 1.54) is 18.2 Å². The predicted octanol–water partition coefficient (Wildman–Crippen LogP) is 2.85. The van der Waals surface area contributed by atoms with Crippen LogP contribution in [-0.2, 0) is 9.59 Å². The van der Waals surface area contributed by atoms with Crippen LogP contribution in [0.25, 0.3) is 6.08 Å². The summed E-state index contributed by atoms with van der Waals surface area (Å²) in [7, 11) is 0. The first-order valence-electron chi connectivity index (χ1n) is 8.48. The van der Waals surface area contributed by atoms with Gasteiger partial charge in [-0.2, -0.15) is 0 Å². The first-order chi connectivity index (χ1) is 12.4. The number of rotatable bonds is 4. The molecule has 3 rings (SSSR count). The van der Waals surface area contributed by atoms with E-state index in [0.29, 0.717) is 12.2 Å². The van der Waals surface area contributed by atoms with E-state index in [-0.39, 0.29) is 28.1 Å². The average Bonchev–Trinajstić information content (AvgIpc) is 3.10. The summed E-state index contributed by atoms with van der Waals surface area (Å²) in [5.41, 5.74) is 0.260. The number of carbonyl (C=O) groups is 3.